The summed E-state index contributed by atoms with van der Waals surface area (Å²) >= 11 is 0. The smallest absolute Gasteiger partial charge is 0.159 e. The first-order chi connectivity index (χ1) is 7.77. The Bertz CT molecular complexity index is 477. The Labute approximate surface area is 94.0 Å². The maximum atomic E-state index is 5.64. The van der Waals surface area contributed by atoms with Crippen molar-refractivity contribution in [1.29, 1.82) is 0 Å². The number of nitrogens with one attached hydrogen (secondary N) is 1. The third-order valence-corrected chi connectivity index (χ3v) is 2.03. The number of para-hydroxylation sites is 1. The number of hydrogen-bond donors (Lipinski definition) is 1. The van der Waals surface area contributed by atoms with E-state index in [1.165, 1.54) is 6.33 Å². The van der Waals surface area contributed by atoms with Crippen molar-refractivity contribution in [3.05, 3.63) is 42.7 Å². The fourth-order valence-corrected chi connectivity index (χ4v) is 1.32. The number of aromatic nitrogens is 3. The molecule has 2 aromatic rings. The van der Waals surface area contributed by atoms with Gasteiger partial charge in [-0.15, -0.1) is 0 Å². The molecule has 0 atom stereocenters. The van der Waals surface area contributed by atoms with Crippen LogP contribution >= 0.6 is 0 Å². The lowest BCUT2D eigenvalue weighted by Gasteiger charge is -2.09. The summed E-state index contributed by atoms with van der Waals surface area (Å²) in [4.78, 5) is 4.11. The molecule has 0 aliphatic carbocycles. The molecule has 4 nitrogen and oxygen atoms in total. The van der Waals surface area contributed by atoms with E-state index in [9.17, 15) is 0 Å². The molecule has 0 radical (unpaired) electrons. The second kappa shape index (κ2) is 4.61. The summed E-state index contributed by atoms with van der Waals surface area (Å²) in [5.74, 6) is 1.49. The fourth-order valence-electron chi connectivity index (χ4n) is 1.32. The van der Waals surface area contributed by atoms with Crippen molar-refractivity contribution in [3.63, 3.8) is 0 Å². The van der Waals surface area contributed by atoms with Crippen LogP contribution in [0.15, 0.2) is 42.7 Å². The van der Waals surface area contributed by atoms with E-state index >= 15 is 0 Å². The molecule has 2 rings (SSSR count). The van der Waals surface area contributed by atoms with Crippen molar-refractivity contribution in [1.82, 2.24) is 15.2 Å². The van der Waals surface area contributed by atoms with E-state index in [1.54, 1.807) is 0 Å². The van der Waals surface area contributed by atoms with Crippen molar-refractivity contribution in [2.24, 2.45) is 0 Å². The highest BCUT2D eigenvalue weighted by molar-refractivity contribution is 5.63. The van der Waals surface area contributed by atoms with Gasteiger partial charge in [0.25, 0.3) is 0 Å². The fraction of sp³-hybridized carbons (Fsp3) is 0.167. The lowest BCUT2D eigenvalue weighted by Crippen LogP contribution is -1.99. The Balaban J connectivity index is 2.27. The van der Waals surface area contributed by atoms with Crippen LogP contribution in [0.25, 0.3) is 11.4 Å². The normalized spacial score (nSPS) is 10.1. The van der Waals surface area contributed by atoms with Crippen molar-refractivity contribution < 1.29 is 4.74 Å². The van der Waals surface area contributed by atoms with Crippen LogP contribution in [0.4, 0.5) is 0 Å². The van der Waals surface area contributed by atoms with Gasteiger partial charge in [0.2, 0.25) is 0 Å². The molecule has 0 fully saturated rings. The first-order valence-corrected chi connectivity index (χ1v) is 4.99. The van der Waals surface area contributed by atoms with E-state index in [-0.39, 0.29) is 0 Å². The highest BCUT2D eigenvalue weighted by Crippen LogP contribution is 2.26. The molecule has 4 heteroatoms. The van der Waals surface area contributed by atoms with Gasteiger partial charge in [-0.25, -0.2) is 4.98 Å². The second-order valence-electron chi connectivity index (χ2n) is 3.58. The molecule has 0 aliphatic rings. The van der Waals surface area contributed by atoms with Gasteiger partial charge >= 0.3 is 0 Å². The van der Waals surface area contributed by atoms with Gasteiger partial charge in [0, 0.05) is 0 Å². The summed E-state index contributed by atoms with van der Waals surface area (Å²) in [6.45, 7) is 6.23. The molecule has 0 aliphatic heterocycles. The van der Waals surface area contributed by atoms with Crippen molar-refractivity contribution >= 4 is 0 Å². The third-order valence-electron chi connectivity index (χ3n) is 2.03. The van der Waals surface area contributed by atoms with Gasteiger partial charge in [-0.2, -0.15) is 5.10 Å². The van der Waals surface area contributed by atoms with Crippen LogP contribution in [-0.4, -0.2) is 21.8 Å². The molecule has 16 heavy (non-hydrogen) atoms. The average molecular weight is 215 g/mol. The number of ether oxygens (including phenoxy) is 1. The first kappa shape index (κ1) is 10.4. The predicted molar refractivity (Wildman–Crippen MR) is 62.1 cm³/mol. The minimum atomic E-state index is 0.505. The first-order valence-electron chi connectivity index (χ1n) is 4.99. The summed E-state index contributed by atoms with van der Waals surface area (Å²) in [6, 6.07) is 7.70. The molecule has 0 bridgehead atoms. The van der Waals surface area contributed by atoms with E-state index < -0.39 is 0 Å². The van der Waals surface area contributed by atoms with Crippen LogP contribution in [0.3, 0.4) is 0 Å². The number of nitrogens with zero attached hydrogens (tertiary/aromatic N) is 2. The molecular formula is C12H13N3O. The molecule has 0 unspecified atom stereocenters. The van der Waals surface area contributed by atoms with E-state index in [0.29, 0.717) is 12.4 Å². The highest BCUT2D eigenvalue weighted by atomic mass is 16.5. The third kappa shape index (κ3) is 2.28. The minimum Gasteiger partial charge on any atom is -0.489 e. The van der Waals surface area contributed by atoms with Crippen LogP contribution in [0.2, 0.25) is 0 Å². The van der Waals surface area contributed by atoms with E-state index in [0.717, 1.165) is 16.9 Å². The highest BCUT2D eigenvalue weighted by Gasteiger charge is 2.07. The second-order valence-corrected chi connectivity index (χ2v) is 3.58. The number of hydrogen-bond acceptors (Lipinski definition) is 3. The Morgan fingerprint density at radius 2 is 2.25 bits per heavy atom. The summed E-state index contributed by atoms with van der Waals surface area (Å²) in [5, 5.41) is 6.64. The molecule has 0 amide bonds. The van der Waals surface area contributed by atoms with Crippen molar-refractivity contribution in [3.8, 4) is 17.1 Å². The van der Waals surface area contributed by atoms with Crippen LogP contribution in [0.1, 0.15) is 6.92 Å². The van der Waals surface area contributed by atoms with Crippen LogP contribution < -0.4 is 4.74 Å². The van der Waals surface area contributed by atoms with Crippen LogP contribution in [0.5, 0.6) is 5.75 Å². The molecule has 1 aromatic carbocycles. The zero-order chi connectivity index (χ0) is 11.4. The zero-order valence-corrected chi connectivity index (χ0v) is 9.10. The van der Waals surface area contributed by atoms with E-state index in [2.05, 4.69) is 21.8 Å². The molecule has 82 valence electrons. The Morgan fingerprint density at radius 3 is 2.94 bits per heavy atom. The van der Waals surface area contributed by atoms with Gasteiger partial charge in [-0.3, -0.25) is 5.10 Å². The lowest BCUT2D eigenvalue weighted by atomic mass is 10.2. The summed E-state index contributed by atoms with van der Waals surface area (Å²) < 4.78 is 5.64. The van der Waals surface area contributed by atoms with Gasteiger partial charge in [0.1, 0.15) is 18.7 Å². The van der Waals surface area contributed by atoms with Crippen LogP contribution in [-0.2, 0) is 0 Å². The average Bonchev–Trinajstić information content (AvgIpc) is 2.80. The molecule has 0 saturated heterocycles. The Morgan fingerprint density at radius 1 is 1.44 bits per heavy atom. The molecular weight excluding hydrogens is 202 g/mol. The van der Waals surface area contributed by atoms with Gasteiger partial charge in [0.05, 0.1) is 5.56 Å². The van der Waals surface area contributed by atoms with Gasteiger partial charge in [-0.1, -0.05) is 18.7 Å². The largest absolute Gasteiger partial charge is 0.489 e. The van der Waals surface area contributed by atoms with Gasteiger partial charge in [-0.05, 0) is 24.6 Å². The van der Waals surface area contributed by atoms with E-state index in [4.69, 9.17) is 4.74 Å². The molecule has 1 heterocycles. The monoisotopic (exact) mass is 215 g/mol. The zero-order valence-electron chi connectivity index (χ0n) is 9.10. The van der Waals surface area contributed by atoms with E-state index in [1.807, 2.05) is 31.2 Å². The summed E-state index contributed by atoms with van der Waals surface area (Å²) in [5.41, 5.74) is 1.88. The predicted octanol–water partition coefficient (Wildman–Crippen LogP) is 2.43. The molecule has 0 saturated carbocycles. The molecule has 1 aromatic heterocycles. The summed E-state index contributed by atoms with van der Waals surface area (Å²) in [6.07, 6.45) is 1.48. The number of rotatable bonds is 4. The van der Waals surface area contributed by atoms with Crippen molar-refractivity contribution in [2.75, 3.05) is 6.61 Å². The number of aromatic amines is 1. The topological polar surface area (TPSA) is 50.8 Å². The lowest BCUT2D eigenvalue weighted by molar-refractivity contribution is 0.354. The Hall–Kier alpha value is -2.10. The van der Waals surface area contributed by atoms with Gasteiger partial charge < -0.3 is 4.74 Å². The minimum absolute atomic E-state index is 0.505. The van der Waals surface area contributed by atoms with Crippen molar-refractivity contribution in [2.45, 2.75) is 6.92 Å². The van der Waals surface area contributed by atoms with Gasteiger partial charge in [0.15, 0.2) is 5.82 Å². The summed E-state index contributed by atoms with van der Waals surface area (Å²) in [7, 11) is 0. The Kier molecular flexibility index (Phi) is 3.00. The number of H-pyrrole nitrogens is 1. The van der Waals surface area contributed by atoms with Crippen LogP contribution in [0, 0.1) is 0 Å². The standard InChI is InChI=1S/C12H13N3O/c1-9(2)7-16-11-6-4-3-5-10(11)12-13-8-14-15-12/h3-6,8H,1,7H2,2H3,(H,13,14,15). The maximum absolute atomic E-state index is 5.64. The maximum Gasteiger partial charge on any atom is 0.159 e. The quantitative estimate of drug-likeness (QED) is 0.797. The number of benzene rings is 1. The SMILES string of the molecule is C=C(C)COc1ccccc1-c1ncn[nH]1. The molecule has 0 spiro atoms. The molecule has 1 N–H and O–H groups in total.